The van der Waals surface area contributed by atoms with Gasteiger partial charge in [-0.25, -0.2) is 0 Å². The van der Waals surface area contributed by atoms with E-state index in [9.17, 15) is 0 Å². The summed E-state index contributed by atoms with van der Waals surface area (Å²) < 4.78 is 23.7. The molecule has 0 radical (unpaired) electrons. The second kappa shape index (κ2) is 3.85. The number of benzene rings is 1. The molecule has 1 aromatic rings. The largest absolute Gasteiger partial charge is 0.483 e. The molecule has 5 nitrogen and oxygen atoms in total. The zero-order chi connectivity index (χ0) is 13.0. The van der Waals surface area contributed by atoms with Crippen molar-refractivity contribution >= 4 is 5.69 Å². The molecule has 2 fully saturated rings. The third-order valence-corrected chi connectivity index (χ3v) is 3.73. The van der Waals surface area contributed by atoms with Crippen molar-refractivity contribution in [2.24, 2.45) is 0 Å². The number of hydrogen-bond acceptors (Lipinski definition) is 5. The van der Waals surface area contributed by atoms with E-state index in [0.717, 1.165) is 11.4 Å². The molecule has 3 aliphatic heterocycles. The van der Waals surface area contributed by atoms with E-state index in [4.69, 9.17) is 18.9 Å². The van der Waals surface area contributed by atoms with Gasteiger partial charge in [-0.3, -0.25) is 0 Å². The van der Waals surface area contributed by atoms with Crippen LogP contribution >= 0.6 is 0 Å². The molecule has 3 heterocycles. The van der Waals surface area contributed by atoms with Gasteiger partial charge in [0.05, 0.1) is 5.69 Å². The Hall–Kier alpha value is -1.30. The molecule has 2 saturated heterocycles. The van der Waals surface area contributed by atoms with Crippen LogP contribution in [0.15, 0.2) is 24.3 Å². The first-order valence-electron chi connectivity index (χ1n) is 6.63. The second-order valence-electron chi connectivity index (χ2n) is 5.60. The maximum absolute atomic E-state index is 6.10. The van der Waals surface area contributed by atoms with Crippen molar-refractivity contribution in [2.75, 3.05) is 11.9 Å². The summed E-state index contributed by atoms with van der Waals surface area (Å²) in [5, 5.41) is 3.35. The molecule has 0 aliphatic carbocycles. The van der Waals surface area contributed by atoms with Gasteiger partial charge in [-0.2, -0.15) is 0 Å². The van der Waals surface area contributed by atoms with Crippen molar-refractivity contribution in [2.45, 2.75) is 44.2 Å². The molecule has 0 spiro atoms. The molecule has 0 bridgehead atoms. The van der Waals surface area contributed by atoms with Crippen LogP contribution in [0.25, 0.3) is 0 Å². The van der Waals surface area contributed by atoms with Crippen molar-refractivity contribution in [3.63, 3.8) is 0 Å². The lowest BCUT2D eigenvalue weighted by Crippen LogP contribution is -2.40. The van der Waals surface area contributed by atoms with Gasteiger partial charge in [-0.05, 0) is 26.0 Å². The van der Waals surface area contributed by atoms with E-state index in [2.05, 4.69) is 5.32 Å². The molecule has 5 heteroatoms. The fourth-order valence-corrected chi connectivity index (χ4v) is 2.93. The normalized spacial score (nSPS) is 38.4. The van der Waals surface area contributed by atoms with Gasteiger partial charge in [-0.15, -0.1) is 0 Å². The molecule has 4 rings (SSSR count). The average molecular weight is 263 g/mol. The smallest absolute Gasteiger partial charge is 0.191 e. The van der Waals surface area contributed by atoms with Crippen LogP contribution in [0.3, 0.4) is 0 Å². The van der Waals surface area contributed by atoms with Crippen LogP contribution < -0.4 is 10.1 Å². The minimum atomic E-state index is -0.608. The number of nitrogens with one attached hydrogen (secondary N) is 1. The number of rotatable bonds is 0. The lowest BCUT2D eigenvalue weighted by Gasteiger charge is -2.24. The Morgan fingerprint density at radius 2 is 2.00 bits per heavy atom. The van der Waals surface area contributed by atoms with E-state index in [1.165, 1.54) is 0 Å². The number of anilines is 1. The summed E-state index contributed by atoms with van der Waals surface area (Å²) in [5.74, 6) is 0.232. The van der Waals surface area contributed by atoms with Crippen molar-refractivity contribution in [1.29, 1.82) is 0 Å². The molecule has 4 atom stereocenters. The Labute approximate surface area is 111 Å². The zero-order valence-electron chi connectivity index (χ0n) is 11.0. The first-order chi connectivity index (χ1) is 9.12. The predicted octanol–water partition coefficient (Wildman–Crippen LogP) is 1.74. The number of hydrogen-bond donors (Lipinski definition) is 1. The highest BCUT2D eigenvalue weighted by Crippen LogP contribution is 2.41. The second-order valence-corrected chi connectivity index (χ2v) is 5.60. The molecule has 19 heavy (non-hydrogen) atoms. The van der Waals surface area contributed by atoms with Gasteiger partial charge in [0.1, 0.15) is 11.9 Å². The first kappa shape index (κ1) is 11.5. The van der Waals surface area contributed by atoms with Crippen molar-refractivity contribution in [3.8, 4) is 5.75 Å². The number of ether oxygens (including phenoxy) is 4. The van der Waals surface area contributed by atoms with Gasteiger partial charge in [0.25, 0.3) is 0 Å². The zero-order valence-corrected chi connectivity index (χ0v) is 11.0. The van der Waals surface area contributed by atoms with Gasteiger partial charge >= 0.3 is 0 Å². The van der Waals surface area contributed by atoms with E-state index in [-0.39, 0.29) is 24.6 Å². The van der Waals surface area contributed by atoms with Crippen LogP contribution in [0.4, 0.5) is 5.69 Å². The molecule has 0 aromatic heterocycles. The summed E-state index contributed by atoms with van der Waals surface area (Å²) >= 11 is 0. The van der Waals surface area contributed by atoms with Crippen LogP contribution in [0.2, 0.25) is 0 Å². The summed E-state index contributed by atoms with van der Waals surface area (Å²) in [7, 11) is 0. The lowest BCUT2D eigenvalue weighted by atomic mass is 10.1. The fraction of sp³-hybridized carbons (Fsp3) is 0.571. The Bertz CT molecular complexity index is 504. The highest BCUT2D eigenvalue weighted by atomic mass is 16.8. The molecule has 3 aliphatic rings. The average Bonchev–Trinajstić information content (AvgIpc) is 2.74. The summed E-state index contributed by atoms with van der Waals surface area (Å²) in [4.78, 5) is 0. The number of para-hydroxylation sites is 2. The summed E-state index contributed by atoms with van der Waals surface area (Å²) in [6.07, 6.45) is -0.702. The van der Waals surface area contributed by atoms with E-state index in [1.807, 2.05) is 38.1 Å². The Balaban J connectivity index is 1.64. The van der Waals surface area contributed by atoms with Crippen molar-refractivity contribution in [1.82, 2.24) is 0 Å². The van der Waals surface area contributed by atoms with Crippen LogP contribution in [0.1, 0.15) is 13.8 Å². The fourth-order valence-electron chi connectivity index (χ4n) is 2.93. The van der Waals surface area contributed by atoms with Crippen molar-refractivity contribution in [3.05, 3.63) is 24.3 Å². The molecule has 0 saturated carbocycles. The minimum Gasteiger partial charge on any atom is -0.483 e. The monoisotopic (exact) mass is 263 g/mol. The lowest BCUT2D eigenvalue weighted by molar-refractivity contribution is -0.211. The minimum absolute atomic E-state index is 0.0569. The van der Waals surface area contributed by atoms with Gasteiger partial charge < -0.3 is 24.3 Å². The SMILES string of the molecule is CC1(C)O[C@H]2O[C@@H]3CNc4ccccc4O[C@@H]3[C@H]2O1. The summed E-state index contributed by atoms with van der Waals surface area (Å²) in [5.41, 5.74) is 0.996. The van der Waals surface area contributed by atoms with E-state index in [1.54, 1.807) is 0 Å². The van der Waals surface area contributed by atoms with Gasteiger partial charge in [0.2, 0.25) is 0 Å². The molecule has 1 N–H and O–H groups in total. The van der Waals surface area contributed by atoms with Crippen LogP contribution in [0, 0.1) is 0 Å². The predicted molar refractivity (Wildman–Crippen MR) is 68.0 cm³/mol. The molecule has 102 valence electrons. The molecular formula is C14H17NO4. The Morgan fingerprint density at radius 1 is 1.16 bits per heavy atom. The maximum atomic E-state index is 6.10. The number of fused-ring (bicyclic) bond motifs is 4. The maximum Gasteiger partial charge on any atom is 0.191 e. The third-order valence-electron chi connectivity index (χ3n) is 3.73. The van der Waals surface area contributed by atoms with Crippen LogP contribution in [0.5, 0.6) is 5.75 Å². The van der Waals surface area contributed by atoms with E-state index < -0.39 is 5.79 Å². The standard InChI is InChI=1S/C14H17NO4/c1-14(2)18-12-11-10(17-13(12)19-14)7-15-8-5-3-4-6-9(8)16-11/h3-6,10-13,15H,7H2,1-2H3/t10-,11+,12-,13-/m1/s1. The van der Waals surface area contributed by atoms with E-state index in [0.29, 0.717) is 6.54 Å². The summed E-state index contributed by atoms with van der Waals surface area (Å²) in [6, 6.07) is 7.91. The molecule has 0 unspecified atom stereocenters. The van der Waals surface area contributed by atoms with Crippen molar-refractivity contribution < 1.29 is 18.9 Å². The highest BCUT2D eigenvalue weighted by Gasteiger charge is 2.56. The summed E-state index contributed by atoms with van der Waals surface area (Å²) in [6.45, 7) is 4.49. The van der Waals surface area contributed by atoms with Gasteiger partial charge in [0.15, 0.2) is 24.3 Å². The Kier molecular flexibility index (Phi) is 2.33. The quantitative estimate of drug-likeness (QED) is 0.772. The topological polar surface area (TPSA) is 49.0 Å². The first-order valence-corrected chi connectivity index (χ1v) is 6.63. The van der Waals surface area contributed by atoms with Gasteiger partial charge in [-0.1, -0.05) is 12.1 Å². The highest BCUT2D eigenvalue weighted by molar-refractivity contribution is 5.57. The molecule has 1 aromatic carbocycles. The van der Waals surface area contributed by atoms with E-state index >= 15 is 0 Å². The Morgan fingerprint density at radius 3 is 2.89 bits per heavy atom. The molecular weight excluding hydrogens is 246 g/mol. The van der Waals surface area contributed by atoms with Crippen LogP contribution in [-0.4, -0.2) is 36.9 Å². The van der Waals surface area contributed by atoms with Gasteiger partial charge in [0, 0.05) is 6.54 Å². The van der Waals surface area contributed by atoms with Crippen LogP contribution in [-0.2, 0) is 14.2 Å². The third kappa shape index (κ3) is 1.81. The molecule has 0 amide bonds.